The number of nitrogens with one attached hydrogen (secondary N) is 1. The number of fused-ring (bicyclic) bond motifs is 1. The number of carbonyl (C=O) groups is 2. The van der Waals surface area contributed by atoms with E-state index in [1.165, 1.54) is 15.8 Å². The van der Waals surface area contributed by atoms with Gasteiger partial charge in [0.15, 0.2) is 6.04 Å². The summed E-state index contributed by atoms with van der Waals surface area (Å²) in [6.45, 7) is 1.04. The second-order valence-electron chi connectivity index (χ2n) is 8.65. The zero-order valence-corrected chi connectivity index (χ0v) is 20.3. The van der Waals surface area contributed by atoms with Crippen molar-refractivity contribution >= 4 is 34.4 Å². The molecule has 3 heterocycles. The highest BCUT2D eigenvalue weighted by Crippen LogP contribution is 2.27. The smallest absolute Gasteiger partial charge is 0.250 e. The van der Waals surface area contributed by atoms with Gasteiger partial charge in [-0.15, -0.1) is 5.10 Å². The summed E-state index contributed by atoms with van der Waals surface area (Å²) in [5.74, 6) is -0.341. The number of carbonyl (C=O) groups excluding carboxylic acids is 2. The van der Waals surface area contributed by atoms with Crippen molar-refractivity contribution in [2.45, 2.75) is 38.1 Å². The predicted molar refractivity (Wildman–Crippen MR) is 133 cm³/mol. The molecule has 1 saturated heterocycles. The van der Waals surface area contributed by atoms with Gasteiger partial charge in [0.2, 0.25) is 5.91 Å². The third-order valence-electron chi connectivity index (χ3n) is 6.22. The van der Waals surface area contributed by atoms with Gasteiger partial charge in [-0.3, -0.25) is 9.59 Å². The number of hydrogen-bond donors (Lipinski definition) is 1. The molecule has 1 aliphatic heterocycles. The van der Waals surface area contributed by atoms with Crippen LogP contribution >= 0.6 is 11.6 Å². The van der Waals surface area contributed by atoms with Crippen LogP contribution in [0, 0.1) is 0 Å². The molecule has 0 spiro atoms. The average Bonchev–Trinajstić information content (AvgIpc) is 3.67. The molecule has 2 unspecified atom stereocenters. The van der Waals surface area contributed by atoms with Gasteiger partial charge in [-0.2, -0.15) is 0 Å². The van der Waals surface area contributed by atoms with Gasteiger partial charge in [0.1, 0.15) is 17.8 Å². The van der Waals surface area contributed by atoms with E-state index in [-0.39, 0.29) is 31.0 Å². The Morgan fingerprint density at radius 1 is 1.14 bits per heavy atom. The SMILES string of the molecule is O=C(NCC1CCCO1)C(c1ccco1)N(Cc1ccccc1Cl)C(=O)Cn1nnc2ccccc21. The average molecular weight is 508 g/mol. The Bertz CT molecular complexity index is 1330. The summed E-state index contributed by atoms with van der Waals surface area (Å²) in [5, 5.41) is 11.7. The summed E-state index contributed by atoms with van der Waals surface area (Å²) in [6.07, 6.45) is 3.29. The normalized spacial score (nSPS) is 16.2. The van der Waals surface area contributed by atoms with E-state index in [4.69, 9.17) is 20.8 Å². The van der Waals surface area contributed by atoms with E-state index in [0.717, 1.165) is 18.4 Å². The van der Waals surface area contributed by atoms with Crippen LogP contribution in [-0.4, -0.2) is 51.0 Å². The number of nitrogens with zero attached hydrogens (tertiary/aromatic N) is 4. The Morgan fingerprint density at radius 2 is 1.97 bits per heavy atom. The minimum Gasteiger partial charge on any atom is -0.467 e. The third kappa shape index (κ3) is 5.27. The van der Waals surface area contributed by atoms with Crippen LogP contribution in [0.5, 0.6) is 0 Å². The predicted octanol–water partition coefficient (Wildman–Crippen LogP) is 3.74. The summed E-state index contributed by atoms with van der Waals surface area (Å²) in [7, 11) is 0. The molecular weight excluding hydrogens is 482 g/mol. The highest BCUT2D eigenvalue weighted by molar-refractivity contribution is 6.31. The van der Waals surface area contributed by atoms with E-state index in [1.54, 1.807) is 18.2 Å². The lowest BCUT2D eigenvalue weighted by Crippen LogP contribution is -2.46. The Balaban J connectivity index is 1.47. The number of para-hydroxylation sites is 1. The van der Waals surface area contributed by atoms with Gasteiger partial charge in [0, 0.05) is 24.7 Å². The number of benzene rings is 2. The molecule has 1 fully saturated rings. The lowest BCUT2D eigenvalue weighted by molar-refractivity contribution is -0.143. The molecule has 2 atom stereocenters. The molecule has 36 heavy (non-hydrogen) atoms. The van der Waals surface area contributed by atoms with Crippen LogP contribution in [0.1, 0.15) is 30.2 Å². The molecule has 2 aromatic heterocycles. The minimum absolute atomic E-state index is 0.0413. The summed E-state index contributed by atoms with van der Waals surface area (Å²) < 4.78 is 12.8. The molecule has 2 amide bonds. The van der Waals surface area contributed by atoms with Crippen LogP contribution in [0.25, 0.3) is 11.0 Å². The molecule has 4 aromatic rings. The maximum absolute atomic E-state index is 13.8. The molecule has 0 radical (unpaired) electrons. The van der Waals surface area contributed by atoms with Crippen molar-refractivity contribution in [1.82, 2.24) is 25.2 Å². The quantitative estimate of drug-likeness (QED) is 0.370. The van der Waals surface area contributed by atoms with Gasteiger partial charge >= 0.3 is 0 Å². The first-order valence-electron chi connectivity index (χ1n) is 11.8. The Hall–Kier alpha value is -3.69. The summed E-state index contributed by atoms with van der Waals surface area (Å²) in [6, 6.07) is 17.0. The van der Waals surface area contributed by atoms with E-state index < -0.39 is 6.04 Å². The van der Waals surface area contributed by atoms with Crippen LogP contribution < -0.4 is 5.32 Å². The van der Waals surface area contributed by atoms with Gasteiger partial charge in [0.25, 0.3) is 5.91 Å². The first-order chi connectivity index (χ1) is 17.6. The maximum Gasteiger partial charge on any atom is 0.250 e. The van der Waals surface area contributed by atoms with Crippen LogP contribution in [0.15, 0.2) is 71.3 Å². The van der Waals surface area contributed by atoms with Crippen LogP contribution in [-0.2, 0) is 27.4 Å². The Kier molecular flexibility index (Phi) is 7.29. The zero-order chi connectivity index (χ0) is 24.9. The van der Waals surface area contributed by atoms with Crippen molar-refractivity contribution in [2.75, 3.05) is 13.2 Å². The van der Waals surface area contributed by atoms with Crippen LogP contribution in [0.4, 0.5) is 0 Å². The zero-order valence-electron chi connectivity index (χ0n) is 19.5. The summed E-state index contributed by atoms with van der Waals surface area (Å²) in [5.41, 5.74) is 2.11. The molecule has 186 valence electrons. The first kappa shape index (κ1) is 24.0. The van der Waals surface area contributed by atoms with Gasteiger partial charge in [-0.1, -0.05) is 47.1 Å². The van der Waals surface area contributed by atoms with Crippen LogP contribution in [0.3, 0.4) is 0 Å². The molecule has 0 bridgehead atoms. The number of aromatic nitrogens is 3. The number of hydrogen-bond acceptors (Lipinski definition) is 6. The van der Waals surface area contributed by atoms with Crippen molar-refractivity contribution in [2.24, 2.45) is 0 Å². The number of ether oxygens (including phenoxy) is 1. The van der Waals surface area contributed by atoms with E-state index in [9.17, 15) is 9.59 Å². The number of amides is 2. The first-order valence-corrected chi connectivity index (χ1v) is 12.2. The monoisotopic (exact) mass is 507 g/mol. The number of furan rings is 1. The highest BCUT2D eigenvalue weighted by Gasteiger charge is 2.35. The Labute approximate surface area is 213 Å². The second-order valence-corrected chi connectivity index (χ2v) is 9.05. The fourth-order valence-corrected chi connectivity index (χ4v) is 4.57. The van der Waals surface area contributed by atoms with Crippen molar-refractivity contribution < 1.29 is 18.7 Å². The molecule has 10 heteroatoms. The minimum atomic E-state index is -1.01. The standard InChI is InChI=1S/C26H26ClN5O4/c27-20-9-2-1-7-18(20)16-31(24(33)17-32-22-11-4-3-10-21(22)29-30-32)25(23-12-6-14-36-23)26(34)28-15-19-8-5-13-35-19/h1-4,6-7,9-12,14,19,25H,5,8,13,15-17H2,(H,28,34). The molecule has 5 rings (SSSR count). The summed E-state index contributed by atoms with van der Waals surface area (Å²) >= 11 is 6.44. The molecule has 0 saturated carbocycles. The molecule has 1 N–H and O–H groups in total. The Morgan fingerprint density at radius 3 is 2.75 bits per heavy atom. The molecule has 0 aliphatic carbocycles. The molecular formula is C26H26ClN5O4. The third-order valence-corrected chi connectivity index (χ3v) is 6.59. The molecule has 9 nitrogen and oxygen atoms in total. The van der Waals surface area contributed by atoms with Crippen molar-refractivity contribution in [3.63, 3.8) is 0 Å². The van der Waals surface area contributed by atoms with Crippen LogP contribution in [0.2, 0.25) is 5.02 Å². The van der Waals surface area contributed by atoms with Crippen molar-refractivity contribution in [3.8, 4) is 0 Å². The fourth-order valence-electron chi connectivity index (χ4n) is 4.37. The van der Waals surface area contributed by atoms with E-state index in [2.05, 4.69) is 15.6 Å². The number of rotatable bonds is 9. The largest absolute Gasteiger partial charge is 0.467 e. The topological polar surface area (TPSA) is 102 Å². The van der Waals surface area contributed by atoms with Crippen molar-refractivity contribution in [3.05, 3.63) is 83.3 Å². The lowest BCUT2D eigenvalue weighted by atomic mass is 10.1. The second kappa shape index (κ2) is 10.9. The van der Waals surface area contributed by atoms with Gasteiger partial charge < -0.3 is 19.4 Å². The van der Waals surface area contributed by atoms with Crippen molar-refractivity contribution in [1.29, 1.82) is 0 Å². The molecule has 2 aromatic carbocycles. The highest BCUT2D eigenvalue weighted by atomic mass is 35.5. The van der Waals surface area contributed by atoms with Gasteiger partial charge in [-0.25, -0.2) is 4.68 Å². The van der Waals surface area contributed by atoms with E-state index in [0.29, 0.717) is 35.0 Å². The number of halogens is 1. The molecule has 1 aliphatic rings. The maximum atomic E-state index is 13.8. The fraction of sp³-hybridized carbons (Fsp3) is 0.308. The van der Waals surface area contributed by atoms with Gasteiger partial charge in [-0.05, 0) is 48.7 Å². The lowest BCUT2D eigenvalue weighted by Gasteiger charge is -2.30. The van der Waals surface area contributed by atoms with E-state index >= 15 is 0 Å². The van der Waals surface area contributed by atoms with Gasteiger partial charge in [0.05, 0.1) is 17.9 Å². The summed E-state index contributed by atoms with van der Waals surface area (Å²) in [4.78, 5) is 28.8. The van der Waals surface area contributed by atoms with E-state index in [1.807, 2.05) is 42.5 Å².